The fraction of sp³-hybridized carbons (Fsp3) is 0.474. The monoisotopic (exact) mass is 342 g/mol. The van der Waals surface area contributed by atoms with Crippen molar-refractivity contribution in [1.29, 1.82) is 0 Å². The van der Waals surface area contributed by atoms with E-state index >= 15 is 0 Å². The summed E-state index contributed by atoms with van der Waals surface area (Å²) in [6.45, 7) is 7.99. The molecule has 6 heteroatoms. The van der Waals surface area contributed by atoms with Crippen molar-refractivity contribution in [3.05, 3.63) is 48.5 Å². The number of aromatic nitrogens is 2. The summed E-state index contributed by atoms with van der Waals surface area (Å²) in [7, 11) is 0. The summed E-state index contributed by atoms with van der Waals surface area (Å²) in [5.74, 6) is 0.115. The van der Waals surface area contributed by atoms with Gasteiger partial charge in [0, 0.05) is 56.4 Å². The maximum atomic E-state index is 12.8. The van der Waals surface area contributed by atoms with Crippen molar-refractivity contribution in [3.8, 4) is 5.69 Å². The van der Waals surface area contributed by atoms with Crippen molar-refractivity contribution < 1.29 is 9.53 Å². The van der Waals surface area contributed by atoms with Crippen LogP contribution < -0.4 is 0 Å². The molecule has 0 aliphatic carbocycles. The standard InChI is InChI=1S/C19H26N4O2/c1-2-25-15-14-21-9-3-10-22(13-12-21)19(24)17-4-6-18(7-5-17)23-11-8-20-16-23/h4-8,11,16H,2-3,9-10,12-15H2,1H3. The van der Waals surface area contributed by atoms with Crippen LogP contribution in [0.1, 0.15) is 23.7 Å². The molecule has 1 aromatic heterocycles. The molecule has 1 aliphatic heterocycles. The van der Waals surface area contributed by atoms with Gasteiger partial charge in [0.2, 0.25) is 0 Å². The number of ether oxygens (including phenoxy) is 1. The number of carbonyl (C=O) groups excluding carboxylic acids is 1. The van der Waals surface area contributed by atoms with Crippen molar-refractivity contribution in [2.75, 3.05) is 45.9 Å². The molecule has 3 rings (SSSR count). The van der Waals surface area contributed by atoms with E-state index in [-0.39, 0.29) is 5.91 Å². The third kappa shape index (κ3) is 4.67. The zero-order valence-electron chi connectivity index (χ0n) is 14.8. The topological polar surface area (TPSA) is 50.6 Å². The number of nitrogens with zero attached hydrogens (tertiary/aromatic N) is 4. The van der Waals surface area contributed by atoms with E-state index in [9.17, 15) is 4.79 Å². The Labute approximate surface area is 149 Å². The van der Waals surface area contributed by atoms with E-state index in [1.807, 2.05) is 46.9 Å². The summed E-state index contributed by atoms with van der Waals surface area (Å²) in [5.41, 5.74) is 1.75. The minimum atomic E-state index is 0.115. The highest BCUT2D eigenvalue weighted by molar-refractivity contribution is 5.94. The Hall–Kier alpha value is -2.18. The van der Waals surface area contributed by atoms with Crippen molar-refractivity contribution in [2.24, 2.45) is 0 Å². The number of hydrogen-bond acceptors (Lipinski definition) is 4. The van der Waals surface area contributed by atoms with Crippen molar-refractivity contribution >= 4 is 5.91 Å². The highest BCUT2D eigenvalue weighted by Gasteiger charge is 2.20. The predicted octanol–water partition coefficient (Wildman–Crippen LogP) is 2.06. The first-order valence-corrected chi connectivity index (χ1v) is 8.95. The summed E-state index contributed by atoms with van der Waals surface area (Å²) in [5, 5.41) is 0. The van der Waals surface area contributed by atoms with Gasteiger partial charge in [-0.2, -0.15) is 0 Å². The van der Waals surface area contributed by atoms with Gasteiger partial charge in [-0.15, -0.1) is 0 Å². The van der Waals surface area contributed by atoms with E-state index in [0.717, 1.165) is 63.6 Å². The van der Waals surface area contributed by atoms with Crippen molar-refractivity contribution in [2.45, 2.75) is 13.3 Å². The number of rotatable bonds is 6. The number of amides is 1. The van der Waals surface area contributed by atoms with Crippen LogP contribution in [0, 0.1) is 0 Å². The lowest BCUT2D eigenvalue weighted by atomic mass is 10.1. The second-order valence-corrected chi connectivity index (χ2v) is 6.20. The number of benzene rings is 1. The molecule has 0 unspecified atom stereocenters. The molecular weight excluding hydrogens is 316 g/mol. The fourth-order valence-corrected chi connectivity index (χ4v) is 3.11. The fourth-order valence-electron chi connectivity index (χ4n) is 3.11. The van der Waals surface area contributed by atoms with Crippen LogP contribution in [-0.2, 0) is 4.74 Å². The molecular formula is C19H26N4O2. The highest BCUT2D eigenvalue weighted by atomic mass is 16.5. The number of hydrogen-bond donors (Lipinski definition) is 0. The summed E-state index contributed by atoms with van der Waals surface area (Å²) in [4.78, 5) is 21.2. The maximum Gasteiger partial charge on any atom is 0.253 e. The van der Waals surface area contributed by atoms with Gasteiger partial charge in [-0.1, -0.05) is 0 Å². The molecule has 1 aliphatic rings. The highest BCUT2D eigenvalue weighted by Crippen LogP contribution is 2.13. The van der Waals surface area contributed by atoms with Gasteiger partial charge in [-0.05, 0) is 44.2 Å². The van der Waals surface area contributed by atoms with E-state index < -0.39 is 0 Å². The average Bonchev–Trinajstić information content (AvgIpc) is 3.08. The maximum absolute atomic E-state index is 12.8. The molecule has 0 bridgehead atoms. The van der Waals surface area contributed by atoms with Crippen LogP contribution in [0.3, 0.4) is 0 Å². The Morgan fingerprint density at radius 3 is 2.72 bits per heavy atom. The summed E-state index contributed by atoms with van der Waals surface area (Å²) < 4.78 is 7.36. The van der Waals surface area contributed by atoms with Crippen LogP contribution >= 0.6 is 0 Å². The van der Waals surface area contributed by atoms with Gasteiger partial charge >= 0.3 is 0 Å². The molecule has 2 aromatic rings. The quantitative estimate of drug-likeness (QED) is 0.754. The molecule has 0 atom stereocenters. The molecule has 1 amide bonds. The average molecular weight is 342 g/mol. The van der Waals surface area contributed by atoms with Crippen LogP contribution in [-0.4, -0.2) is 71.2 Å². The second kappa shape index (κ2) is 8.78. The Morgan fingerprint density at radius 1 is 1.16 bits per heavy atom. The van der Waals surface area contributed by atoms with E-state index in [2.05, 4.69) is 9.88 Å². The van der Waals surface area contributed by atoms with Gasteiger partial charge in [0.1, 0.15) is 0 Å². The minimum absolute atomic E-state index is 0.115. The zero-order valence-corrected chi connectivity index (χ0v) is 14.8. The number of carbonyl (C=O) groups is 1. The molecule has 1 fully saturated rings. The Bertz CT molecular complexity index is 655. The Kier molecular flexibility index (Phi) is 6.19. The summed E-state index contributed by atoms with van der Waals surface area (Å²) in [6, 6.07) is 7.72. The van der Waals surface area contributed by atoms with Gasteiger partial charge < -0.3 is 14.2 Å². The van der Waals surface area contributed by atoms with E-state index in [1.54, 1.807) is 12.5 Å². The van der Waals surface area contributed by atoms with E-state index in [1.165, 1.54) is 0 Å². The molecule has 2 heterocycles. The first-order chi connectivity index (χ1) is 12.3. The van der Waals surface area contributed by atoms with Crippen LogP contribution in [0.15, 0.2) is 43.0 Å². The lowest BCUT2D eigenvalue weighted by Gasteiger charge is -2.22. The second-order valence-electron chi connectivity index (χ2n) is 6.20. The molecule has 0 N–H and O–H groups in total. The molecule has 0 radical (unpaired) electrons. The minimum Gasteiger partial charge on any atom is -0.380 e. The lowest BCUT2D eigenvalue weighted by molar-refractivity contribution is 0.0757. The zero-order chi connectivity index (χ0) is 17.5. The van der Waals surface area contributed by atoms with Crippen LogP contribution in [0.25, 0.3) is 5.69 Å². The van der Waals surface area contributed by atoms with Gasteiger partial charge in [-0.25, -0.2) is 4.98 Å². The third-order valence-electron chi connectivity index (χ3n) is 4.55. The van der Waals surface area contributed by atoms with Gasteiger partial charge in [-0.3, -0.25) is 9.69 Å². The van der Waals surface area contributed by atoms with Crippen LogP contribution in [0.2, 0.25) is 0 Å². The molecule has 0 spiro atoms. The van der Waals surface area contributed by atoms with Gasteiger partial charge in [0.15, 0.2) is 0 Å². The van der Waals surface area contributed by atoms with Crippen LogP contribution in [0.4, 0.5) is 0 Å². The van der Waals surface area contributed by atoms with Crippen molar-refractivity contribution in [1.82, 2.24) is 19.4 Å². The van der Waals surface area contributed by atoms with Gasteiger partial charge in [0.25, 0.3) is 5.91 Å². The molecule has 1 aromatic carbocycles. The van der Waals surface area contributed by atoms with Crippen LogP contribution in [0.5, 0.6) is 0 Å². The normalized spacial score (nSPS) is 16.0. The lowest BCUT2D eigenvalue weighted by Crippen LogP contribution is -2.36. The van der Waals surface area contributed by atoms with E-state index in [4.69, 9.17) is 4.74 Å². The van der Waals surface area contributed by atoms with Gasteiger partial charge in [0.05, 0.1) is 12.9 Å². The third-order valence-corrected chi connectivity index (χ3v) is 4.55. The van der Waals surface area contributed by atoms with Crippen molar-refractivity contribution in [3.63, 3.8) is 0 Å². The molecule has 134 valence electrons. The molecule has 1 saturated heterocycles. The first kappa shape index (κ1) is 17.6. The Balaban J connectivity index is 1.57. The summed E-state index contributed by atoms with van der Waals surface area (Å²) >= 11 is 0. The molecule has 25 heavy (non-hydrogen) atoms. The predicted molar refractivity (Wildman–Crippen MR) is 97.0 cm³/mol. The number of imidazole rings is 1. The molecule has 0 saturated carbocycles. The smallest absolute Gasteiger partial charge is 0.253 e. The molecule has 6 nitrogen and oxygen atoms in total. The Morgan fingerprint density at radius 2 is 2.00 bits per heavy atom. The van der Waals surface area contributed by atoms with E-state index in [0.29, 0.717) is 0 Å². The SMILES string of the molecule is CCOCCN1CCCN(C(=O)c2ccc(-n3ccnc3)cc2)CC1. The first-order valence-electron chi connectivity index (χ1n) is 8.95. The largest absolute Gasteiger partial charge is 0.380 e. The summed E-state index contributed by atoms with van der Waals surface area (Å²) in [6.07, 6.45) is 6.39.